The Bertz CT molecular complexity index is 1060. The van der Waals surface area contributed by atoms with E-state index in [2.05, 4.69) is 19.9 Å². The molecule has 3 heterocycles. The Kier molecular flexibility index (Phi) is 4.34. The van der Waals surface area contributed by atoms with Crippen molar-refractivity contribution < 1.29 is 13.5 Å². The summed E-state index contributed by atoms with van der Waals surface area (Å²) in [5, 5.41) is 0. The van der Waals surface area contributed by atoms with Gasteiger partial charge in [0.05, 0.1) is 18.8 Å². The van der Waals surface area contributed by atoms with Crippen LogP contribution in [0.3, 0.4) is 0 Å². The first-order valence-electron chi connectivity index (χ1n) is 9.58. The van der Waals surface area contributed by atoms with Crippen molar-refractivity contribution in [3.05, 3.63) is 59.7 Å². The minimum absolute atomic E-state index is 0.0269. The molecule has 1 atom stereocenters. The Balaban J connectivity index is 1.55. The smallest absolute Gasteiger partial charge is 0.200 e. The second-order valence-corrected chi connectivity index (χ2v) is 7.34. The van der Waals surface area contributed by atoms with Gasteiger partial charge in [-0.3, -0.25) is 0 Å². The number of hydrogen-bond donors (Lipinski definition) is 0. The van der Waals surface area contributed by atoms with Gasteiger partial charge in [0.15, 0.2) is 23.2 Å². The molecule has 1 aromatic carbocycles. The Morgan fingerprint density at radius 3 is 2.59 bits per heavy atom. The molecule has 0 radical (unpaired) electrons. The van der Waals surface area contributed by atoms with Gasteiger partial charge in [0, 0.05) is 54.9 Å². The molecule has 8 heteroatoms. The number of benzene rings is 1. The van der Waals surface area contributed by atoms with Crippen LogP contribution in [0.1, 0.15) is 30.1 Å². The lowest BCUT2D eigenvalue weighted by atomic mass is 9.93. The Labute approximate surface area is 166 Å². The zero-order valence-electron chi connectivity index (χ0n) is 15.8. The van der Waals surface area contributed by atoms with E-state index >= 15 is 0 Å². The fourth-order valence-electron chi connectivity index (χ4n) is 4.00. The van der Waals surface area contributed by atoms with E-state index in [4.69, 9.17) is 9.72 Å². The standard InChI is InChI=1S/C21H19F2N5O/c1-29-17-10-13(9-15(22)18(17)23)28-8-5-16-14(19(28)12-3-4-12)11-26-21(27-16)20-24-6-2-7-25-20/h2,6-7,9-12,19H,3-5,8H2,1H3. The van der Waals surface area contributed by atoms with Gasteiger partial charge < -0.3 is 9.64 Å². The predicted molar refractivity (Wildman–Crippen MR) is 102 cm³/mol. The lowest BCUT2D eigenvalue weighted by Gasteiger charge is -2.39. The summed E-state index contributed by atoms with van der Waals surface area (Å²) >= 11 is 0. The van der Waals surface area contributed by atoms with E-state index in [1.165, 1.54) is 13.2 Å². The van der Waals surface area contributed by atoms with Crippen LogP contribution in [0.25, 0.3) is 11.6 Å². The average Bonchev–Trinajstić information content (AvgIpc) is 3.60. The first-order chi connectivity index (χ1) is 14.2. The highest BCUT2D eigenvalue weighted by atomic mass is 19.2. The minimum Gasteiger partial charge on any atom is -0.493 e. The fourth-order valence-corrected chi connectivity index (χ4v) is 4.00. The topological polar surface area (TPSA) is 64.0 Å². The van der Waals surface area contributed by atoms with Crippen molar-refractivity contribution in [1.82, 2.24) is 19.9 Å². The number of ether oxygens (including phenoxy) is 1. The predicted octanol–water partition coefficient (Wildman–Crippen LogP) is 3.73. The molecule has 0 saturated heterocycles. The largest absolute Gasteiger partial charge is 0.493 e. The van der Waals surface area contributed by atoms with E-state index < -0.39 is 11.6 Å². The van der Waals surface area contributed by atoms with Crippen LogP contribution in [-0.4, -0.2) is 33.6 Å². The van der Waals surface area contributed by atoms with Crippen LogP contribution in [0.2, 0.25) is 0 Å². The molecule has 1 aliphatic carbocycles. The minimum atomic E-state index is -0.965. The molecule has 1 aliphatic heterocycles. The number of rotatable bonds is 4. The molecule has 0 amide bonds. The maximum Gasteiger partial charge on any atom is 0.200 e. The second-order valence-electron chi connectivity index (χ2n) is 7.34. The monoisotopic (exact) mass is 395 g/mol. The molecular formula is C21H19F2N5O. The number of hydrogen-bond acceptors (Lipinski definition) is 6. The maximum absolute atomic E-state index is 14.1. The molecule has 29 heavy (non-hydrogen) atoms. The SMILES string of the molecule is COc1cc(N2CCc3nc(-c4ncccn4)ncc3C2C2CC2)cc(F)c1F. The normalized spacial score (nSPS) is 18.4. The molecule has 5 rings (SSSR count). The first-order valence-corrected chi connectivity index (χ1v) is 9.58. The second kappa shape index (κ2) is 7.02. The molecule has 0 N–H and O–H groups in total. The molecule has 0 bridgehead atoms. The zero-order chi connectivity index (χ0) is 20.0. The summed E-state index contributed by atoms with van der Waals surface area (Å²) in [7, 11) is 1.34. The summed E-state index contributed by atoms with van der Waals surface area (Å²) in [4.78, 5) is 19.8. The van der Waals surface area contributed by atoms with Gasteiger partial charge in [-0.25, -0.2) is 24.3 Å². The van der Waals surface area contributed by atoms with Gasteiger partial charge in [-0.1, -0.05) is 0 Å². The van der Waals surface area contributed by atoms with Gasteiger partial charge in [-0.15, -0.1) is 0 Å². The van der Waals surface area contributed by atoms with Gasteiger partial charge in [0.25, 0.3) is 0 Å². The quantitative estimate of drug-likeness (QED) is 0.671. The molecular weight excluding hydrogens is 376 g/mol. The van der Waals surface area contributed by atoms with E-state index in [9.17, 15) is 8.78 Å². The maximum atomic E-state index is 14.1. The van der Waals surface area contributed by atoms with Gasteiger partial charge >= 0.3 is 0 Å². The summed E-state index contributed by atoms with van der Waals surface area (Å²) in [6.07, 6.45) is 8.01. The number of methoxy groups -OCH3 is 1. The third-order valence-corrected chi connectivity index (χ3v) is 5.51. The van der Waals surface area contributed by atoms with Crippen molar-refractivity contribution >= 4 is 5.69 Å². The number of aromatic nitrogens is 4. The zero-order valence-corrected chi connectivity index (χ0v) is 15.8. The Morgan fingerprint density at radius 1 is 1.07 bits per heavy atom. The van der Waals surface area contributed by atoms with Gasteiger partial charge in [0.1, 0.15) is 0 Å². The van der Waals surface area contributed by atoms with Gasteiger partial charge in [-0.2, -0.15) is 4.39 Å². The van der Waals surface area contributed by atoms with Crippen molar-refractivity contribution in [3.63, 3.8) is 0 Å². The lowest BCUT2D eigenvalue weighted by molar-refractivity contribution is 0.371. The molecule has 6 nitrogen and oxygen atoms in total. The highest BCUT2D eigenvalue weighted by molar-refractivity contribution is 5.56. The molecule has 1 unspecified atom stereocenters. The molecule has 1 fully saturated rings. The van der Waals surface area contributed by atoms with E-state index in [-0.39, 0.29) is 11.8 Å². The van der Waals surface area contributed by atoms with E-state index in [0.29, 0.717) is 36.2 Å². The van der Waals surface area contributed by atoms with Crippen LogP contribution in [0.5, 0.6) is 5.75 Å². The third-order valence-electron chi connectivity index (χ3n) is 5.51. The summed E-state index contributed by atoms with van der Waals surface area (Å²) in [6, 6.07) is 4.58. The van der Waals surface area contributed by atoms with E-state index in [0.717, 1.165) is 24.1 Å². The van der Waals surface area contributed by atoms with Crippen LogP contribution in [0, 0.1) is 17.6 Å². The molecule has 1 saturated carbocycles. The fraction of sp³-hybridized carbons (Fsp3) is 0.333. The van der Waals surface area contributed by atoms with Crippen LogP contribution < -0.4 is 9.64 Å². The number of anilines is 1. The average molecular weight is 395 g/mol. The summed E-state index contributed by atoms with van der Waals surface area (Å²) in [6.45, 7) is 0.647. The number of fused-ring (bicyclic) bond motifs is 1. The Morgan fingerprint density at radius 2 is 1.86 bits per heavy atom. The third kappa shape index (κ3) is 3.18. The number of nitrogens with zero attached hydrogens (tertiary/aromatic N) is 5. The molecule has 2 aromatic heterocycles. The van der Waals surface area contributed by atoms with Crippen LogP contribution in [0.4, 0.5) is 14.5 Å². The van der Waals surface area contributed by atoms with Crippen molar-refractivity contribution in [2.45, 2.75) is 25.3 Å². The van der Waals surface area contributed by atoms with Crippen molar-refractivity contribution in [3.8, 4) is 17.4 Å². The van der Waals surface area contributed by atoms with Crippen LogP contribution in [-0.2, 0) is 6.42 Å². The first kappa shape index (κ1) is 17.9. The van der Waals surface area contributed by atoms with Crippen LogP contribution in [0.15, 0.2) is 36.8 Å². The van der Waals surface area contributed by atoms with Gasteiger partial charge in [0.2, 0.25) is 5.82 Å². The number of halogens is 2. The summed E-state index contributed by atoms with van der Waals surface area (Å²) < 4.78 is 33.1. The summed E-state index contributed by atoms with van der Waals surface area (Å²) in [5.41, 5.74) is 2.60. The van der Waals surface area contributed by atoms with Gasteiger partial charge in [-0.05, 0) is 24.8 Å². The summed E-state index contributed by atoms with van der Waals surface area (Å²) in [5.74, 6) is -0.531. The van der Waals surface area contributed by atoms with Crippen molar-refractivity contribution in [2.24, 2.45) is 5.92 Å². The molecule has 2 aliphatic rings. The highest BCUT2D eigenvalue weighted by Gasteiger charge is 2.41. The van der Waals surface area contributed by atoms with Crippen molar-refractivity contribution in [1.29, 1.82) is 0 Å². The van der Waals surface area contributed by atoms with Crippen molar-refractivity contribution in [2.75, 3.05) is 18.6 Å². The molecule has 3 aromatic rings. The molecule has 0 spiro atoms. The highest BCUT2D eigenvalue weighted by Crippen LogP contribution is 2.49. The molecule has 148 valence electrons. The Hall–Kier alpha value is -3.16. The van der Waals surface area contributed by atoms with E-state index in [1.54, 1.807) is 24.5 Å². The van der Waals surface area contributed by atoms with Crippen LogP contribution >= 0.6 is 0 Å². The van der Waals surface area contributed by atoms with E-state index in [1.807, 2.05) is 6.20 Å². The lowest BCUT2D eigenvalue weighted by Crippen LogP contribution is -2.37.